The van der Waals surface area contributed by atoms with E-state index in [-0.39, 0.29) is 40.3 Å². The zero-order valence-electron chi connectivity index (χ0n) is 24.5. The van der Waals surface area contributed by atoms with Crippen molar-refractivity contribution in [1.82, 2.24) is 21.3 Å². The Morgan fingerprint density at radius 2 is 1.37 bits per heavy atom. The van der Waals surface area contributed by atoms with Crippen molar-refractivity contribution in [3.8, 4) is 0 Å². The molecule has 0 unspecified atom stereocenters. The van der Waals surface area contributed by atoms with Gasteiger partial charge in [0.1, 0.15) is 18.1 Å². The van der Waals surface area contributed by atoms with Crippen LogP contribution < -0.4 is 21.3 Å². The summed E-state index contributed by atoms with van der Waals surface area (Å²) in [5.74, 6) is -5.76. The van der Waals surface area contributed by atoms with Crippen LogP contribution in [-0.4, -0.2) is 70.5 Å². The zero-order valence-corrected chi connectivity index (χ0v) is 26.0. The number of aliphatic carboxylic acids is 1. The minimum atomic E-state index is -1.56. The van der Waals surface area contributed by atoms with E-state index in [1.807, 2.05) is 13.8 Å². The zero-order chi connectivity index (χ0) is 32.3. The second-order valence-electron chi connectivity index (χ2n) is 11.1. The van der Waals surface area contributed by atoms with Crippen LogP contribution in [0.2, 0.25) is 10.0 Å². The molecule has 0 radical (unpaired) electrons. The maximum absolute atomic E-state index is 13.6. The normalized spacial score (nSPS) is 15.6. The largest absolute Gasteiger partial charge is 0.481 e. The average molecular weight is 644 g/mol. The van der Waals surface area contributed by atoms with E-state index >= 15 is 0 Å². The molecule has 1 aromatic carbocycles. The van der Waals surface area contributed by atoms with E-state index in [9.17, 15) is 39.0 Å². The van der Waals surface area contributed by atoms with E-state index in [1.54, 1.807) is 6.92 Å². The Labute approximate surface area is 260 Å². The van der Waals surface area contributed by atoms with Crippen LogP contribution >= 0.6 is 23.2 Å². The van der Waals surface area contributed by atoms with Crippen LogP contribution in [0.25, 0.3) is 0 Å². The number of nitrogens with one attached hydrogen (secondary N) is 4. The predicted octanol–water partition coefficient (Wildman–Crippen LogP) is 3.39. The molecular formula is C29H40Cl2N4O8. The van der Waals surface area contributed by atoms with Crippen LogP contribution in [0.5, 0.6) is 0 Å². The smallest absolute Gasteiger partial charge is 0.336 e. The van der Waals surface area contributed by atoms with Gasteiger partial charge in [0.05, 0.1) is 27.6 Å². The number of rotatable bonds is 15. The fourth-order valence-electron chi connectivity index (χ4n) is 5.06. The van der Waals surface area contributed by atoms with Gasteiger partial charge in [-0.05, 0) is 43.7 Å². The Morgan fingerprint density at radius 1 is 0.814 bits per heavy atom. The number of carboxylic acid groups (broad SMARTS) is 2. The van der Waals surface area contributed by atoms with Crippen LogP contribution in [0.15, 0.2) is 12.1 Å². The lowest BCUT2D eigenvalue weighted by molar-refractivity contribution is -0.141. The van der Waals surface area contributed by atoms with Crippen molar-refractivity contribution in [2.24, 2.45) is 11.8 Å². The molecular weight excluding hydrogens is 603 g/mol. The van der Waals surface area contributed by atoms with Gasteiger partial charge in [0.2, 0.25) is 17.7 Å². The number of benzene rings is 1. The molecule has 0 bridgehead atoms. The molecule has 1 aromatic rings. The highest BCUT2D eigenvalue weighted by atomic mass is 35.5. The number of halogens is 2. The summed E-state index contributed by atoms with van der Waals surface area (Å²) in [7, 11) is 0. The first-order valence-electron chi connectivity index (χ1n) is 14.4. The van der Waals surface area contributed by atoms with Gasteiger partial charge in [-0.2, -0.15) is 0 Å². The second kappa shape index (κ2) is 17.0. The molecule has 0 saturated heterocycles. The Bertz CT molecular complexity index is 1200. The topological polar surface area (TPSA) is 191 Å². The fourth-order valence-corrected chi connectivity index (χ4v) is 5.39. The van der Waals surface area contributed by atoms with Crippen LogP contribution in [0.4, 0.5) is 0 Å². The summed E-state index contributed by atoms with van der Waals surface area (Å²) in [4.78, 5) is 76.1. The van der Waals surface area contributed by atoms with Crippen LogP contribution in [0.1, 0.15) is 92.9 Å². The Balaban J connectivity index is 2.35. The van der Waals surface area contributed by atoms with Gasteiger partial charge >= 0.3 is 11.9 Å². The first-order chi connectivity index (χ1) is 20.2. The van der Waals surface area contributed by atoms with Gasteiger partial charge in [-0.1, -0.05) is 69.2 Å². The quantitative estimate of drug-likeness (QED) is 0.168. The van der Waals surface area contributed by atoms with Crippen molar-refractivity contribution in [2.75, 3.05) is 6.54 Å². The van der Waals surface area contributed by atoms with E-state index in [0.717, 1.165) is 44.2 Å². The number of amides is 4. The lowest BCUT2D eigenvalue weighted by Crippen LogP contribution is -2.57. The molecule has 3 atom stereocenters. The summed E-state index contributed by atoms with van der Waals surface area (Å²) >= 11 is 12.0. The summed E-state index contributed by atoms with van der Waals surface area (Å²) in [6, 6.07) is -1.62. The maximum Gasteiger partial charge on any atom is 0.336 e. The molecule has 14 heteroatoms. The molecule has 1 aliphatic rings. The van der Waals surface area contributed by atoms with E-state index in [0.29, 0.717) is 6.54 Å². The summed E-state index contributed by atoms with van der Waals surface area (Å²) in [5.41, 5.74) is -0.741. The van der Waals surface area contributed by atoms with Crippen molar-refractivity contribution >= 4 is 58.8 Å². The van der Waals surface area contributed by atoms with E-state index in [1.165, 1.54) is 0 Å². The summed E-state index contributed by atoms with van der Waals surface area (Å²) in [6.45, 7) is 5.76. The minimum Gasteiger partial charge on any atom is -0.481 e. The van der Waals surface area contributed by atoms with Crippen molar-refractivity contribution < 1.29 is 39.0 Å². The molecule has 4 amide bonds. The van der Waals surface area contributed by atoms with Crippen molar-refractivity contribution in [1.29, 1.82) is 0 Å². The SMILES string of the molecule is CCNC(=O)[C@H](CC(C)C)NC(=O)[C@H](CC(=O)O)NC(=O)[C@H](CC1CCCCC1)NC(=O)c1cc(Cl)c(Cl)cc1C(=O)O. The molecule has 0 aromatic heterocycles. The first-order valence-corrected chi connectivity index (χ1v) is 15.1. The number of carbonyl (C=O) groups excluding carboxylic acids is 4. The number of hydrogen-bond donors (Lipinski definition) is 6. The van der Waals surface area contributed by atoms with E-state index in [2.05, 4.69) is 21.3 Å². The standard InChI is InChI=1S/C29H40Cl2N4O8/c1-4-32-26(39)21(10-15(2)3)34-28(41)23(14-24(36)37)35-27(40)22(11-16-8-6-5-7-9-16)33-25(38)17-12-19(30)20(31)13-18(17)29(42)43/h12-13,15-16,21-23H,4-11,14H2,1-3H3,(H,32,39)(H,33,38)(H,34,41)(H,35,40)(H,36,37)(H,42,43)/t21-,22-,23-/m0/s1. The molecule has 1 fully saturated rings. The Hall–Kier alpha value is -3.38. The molecule has 238 valence electrons. The predicted molar refractivity (Wildman–Crippen MR) is 160 cm³/mol. The number of carbonyl (C=O) groups is 6. The maximum atomic E-state index is 13.6. The van der Waals surface area contributed by atoms with Gasteiger partial charge < -0.3 is 31.5 Å². The molecule has 2 rings (SSSR count). The fraction of sp³-hybridized carbons (Fsp3) is 0.586. The van der Waals surface area contributed by atoms with Crippen molar-refractivity contribution in [3.05, 3.63) is 33.3 Å². The van der Waals surface area contributed by atoms with Gasteiger partial charge in [0.25, 0.3) is 5.91 Å². The molecule has 1 aliphatic carbocycles. The molecule has 1 saturated carbocycles. The Kier molecular flexibility index (Phi) is 14.2. The third-order valence-electron chi connectivity index (χ3n) is 7.15. The number of hydrogen-bond acceptors (Lipinski definition) is 6. The summed E-state index contributed by atoms with van der Waals surface area (Å²) in [6.07, 6.45) is 4.19. The average Bonchev–Trinajstić information content (AvgIpc) is 2.93. The second-order valence-corrected chi connectivity index (χ2v) is 11.9. The Morgan fingerprint density at radius 3 is 1.91 bits per heavy atom. The third kappa shape index (κ3) is 11.3. The third-order valence-corrected chi connectivity index (χ3v) is 7.88. The van der Waals surface area contributed by atoms with Crippen LogP contribution in [-0.2, 0) is 19.2 Å². The molecule has 0 spiro atoms. The molecule has 12 nitrogen and oxygen atoms in total. The summed E-state index contributed by atoms with van der Waals surface area (Å²) < 4.78 is 0. The number of aromatic carboxylic acids is 1. The van der Waals surface area contributed by atoms with Gasteiger partial charge in [0.15, 0.2) is 0 Å². The van der Waals surface area contributed by atoms with Gasteiger partial charge in [-0.25, -0.2) is 4.79 Å². The van der Waals surface area contributed by atoms with Gasteiger partial charge in [-0.3, -0.25) is 24.0 Å². The van der Waals surface area contributed by atoms with E-state index in [4.69, 9.17) is 23.2 Å². The molecule has 0 heterocycles. The number of likely N-dealkylation sites (N-methyl/N-ethyl adjacent to an activating group) is 1. The first kappa shape index (κ1) is 35.8. The summed E-state index contributed by atoms with van der Waals surface area (Å²) in [5, 5.41) is 29.1. The van der Waals surface area contributed by atoms with Crippen LogP contribution in [0.3, 0.4) is 0 Å². The number of carboxylic acids is 2. The van der Waals surface area contributed by atoms with Gasteiger partial charge in [-0.15, -0.1) is 0 Å². The molecule has 6 N–H and O–H groups in total. The van der Waals surface area contributed by atoms with Crippen LogP contribution in [0, 0.1) is 11.8 Å². The minimum absolute atomic E-state index is 0.0209. The lowest BCUT2D eigenvalue weighted by Gasteiger charge is -2.28. The van der Waals surface area contributed by atoms with Gasteiger partial charge in [0, 0.05) is 6.54 Å². The lowest BCUT2D eigenvalue weighted by atomic mass is 9.84. The highest BCUT2D eigenvalue weighted by molar-refractivity contribution is 6.42. The monoisotopic (exact) mass is 642 g/mol. The van der Waals surface area contributed by atoms with Crippen molar-refractivity contribution in [3.63, 3.8) is 0 Å². The highest BCUT2D eigenvalue weighted by Gasteiger charge is 2.33. The van der Waals surface area contributed by atoms with E-state index < -0.39 is 65.7 Å². The van der Waals surface area contributed by atoms with Crippen molar-refractivity contribution in [2.45, 2.75) is 90.3 Å². The molecule has 0 aliphatic heterocycles. The highest BCUT2D eigenvalue weighted by Crippen LogP contribution is 2.29. The molecule has 43 heavy (non-hydrogen) atoms.